The minimum Gasteiger partial charge on any atom is -0.471 e. The zero-order valence-corrected chi connectivity index (χ0v) is 16.5. The van der Waals surface area contributed by atoms with E-state index in [-0.39, 0.29) is 36.1 Å². The normalized spacial score (nSPS) is 19.5. The molecule has 9 heteroatoms. The number of rotatable bonds is 6. The number of carbonyl (C=O) groups excluding carboxylic acids is 1. The smallest absolute Gasteiger partial charge is 0.311 e. The lowest BCUT2D eigenvalue weighted by Crippen LogP contribution is -2.55. The van der Waals surface area contributed by atoms with Gasteiger partial charge in [-0.3, -0.25) is 15.0 Å². The highest BCUT2D eigenvalue weighted by molar-refractivity contribution is 5.54. The van der Waals surface area contributed by atoms with E-state index in [1.165, 1.54) is 12.1 Å². The quantitative estimate of drug-likeness (QED) is 0.407. The molecule has 3 rings (SSSR count). The number of ether oxygens (including phenoxy) is 1. The van der Waals surface area contributed by atoms with Crippen molar-refractivity contribution in [2.75, 3.05) is 13.3 Å². The van der Waals surface area contributed by atoms with E-state index in [9.17, 15) is 23.7 Å². The summed E-state index contributed by atoms with van der Waals surface area (Å²) < 4.78 is 32.2. The summed E-state index contributed by atoms with van der Waals surface area (Å²) in [6.07, 6.45) is 0. The van der Waals surface area contributed by atoms with Crippen LogP contribution in [0.4, 0.5) is 14.5 Å². The molecule has 1 aliphatic rings. The molecule has 1 heterocycles. The molecule has 0 unspecified atom stereocenters. The maximum Gasteiger partial charge on any atom is 0.311 e. The summed E-state index contributed by atoms with van der Waals surface area (Å²) in [7, 11) is 0. The van der Waals surface area contributed by atoms with Crippen LogP contribution in [0.2, 0.25) is 0 Å². The molecule has 0 bridgehead atoms. The summed E-state index contributed by atoms with van der Waals surface area (Å²) in [6.45, 7) is 4.57. The fraction of sp³-hybridized carbons (Fsp3) is 0.333. The molecule has 0 aromatic heterocycles. The van der Waals surface area contributed by atoms with Crippen molar-refractivity contribution in [3.8, 4) is 5.75 Å². The van der Waals surface area contributed by atoms with E-state index in [0.29, 0.717) is 18.8 Å². The minimum absolute atomic E-state index is 0.0641. The van der Waals surface area contributed by atoms with E-state index >= 15 is 0 Å². The van der Waals surface area contributed by atoms with Gasteiger partial charge in [0.15, 0.2) is 0 Å². The molecule has 0 aliphatic carbocycles. The second kappa shape index (κ2) is 9.02. The number of hydrogen-bond acceptors (Lipinski definition) is 6. The van der Waals surface area contributed by atoms with Gasteiger partial charge in [-0.15, -0.1) is 0 Å². The summed E-state index contributed by atoms with van der Waals surface area (Å²) in [4.78, 5) is 25.9. The number of hydrogen-bond donors (Lipinski definition) is 0. The number of halogens is 2. The monoisotopic (exact) mass is 417 g/mol. The van der Waals surface area contributed by atoms with Crippen molar-refractivity contribution in [2.24, 2.45) is 0 Å². The lowest BCUT2D eigenvalue weighted by molar-refractivity contribution is -0.386. The molecule has 0 saturated carbocycles. The Bertz CT molecular complexity index is 977. The predicted octanol–water partition coefficient (Wildman–Crippen LogP) is 3.52. The number of nitro benzene ring substituents is 1. The van der Waals surface area contributed by atoms with Gasteiger partial charge in [-0.1, -0.05) is 12.1 Å². The van der Waals surface area contributed by atoms with Gasteiger partial charge in [0.05, 0.1) is 11.0 Å². The predicted molar refractivity (Wildman–Crippen MR) is 105 cm³/mol. The van der Waals surface area contributed by atoms with E-state index in [2.05, 4.69) is 0 Å². The Morgan fingerprint density at radius 2 is 1.83 bits per heavy atom. The van der Waals surface area contributed by atoms with E-state index < -0.39 is 10.7 Å². The second-order valence-corrected chi connectivity index (χ2v) is 7.18. The molecule has 0 N–H and O–H groups in total. The zero-order chi connectivity index (χ0) is 21.8. The molecule has 30 heavy (non-hydrogen) atoms. The van der Waals surface area contributed by atoms with Gasteiger partial charge in [0.1, 0.15) is 30.0 Å². The number of nitro groups is 1. The Labute approximate surface area is 172 Å². The molecule has 1 aliphatic heterocycles. The van der Waals surface area contributed by atoms with Crippen LogP contribution < -0.4 is 4.74 Å². The van der Waals surface area contributed by atoms with Crippen molar-refractivity contribution in [1.29, 1.82) is 0 Å². The van der Waals surface area contributed by atoms with E-state index in [1.54, 1.807) is 19.1 Å². The first kappa shape index (κ1) is 21.4. The Morgan fingerprint density at radius 1 is 1.17 bits per heavy atom. The van der Waals surface area contributed by atoms with Gasteiger partial charge in [-0.05, 0) is 37.6 Å². The SMILES string of the molecule is C[C@@H]1CN(COc2cc(F)ccc2[N+](=O)[O-])[C@@H](C)C(=C=O)N1Cc1ccc(F)cc1. The molecule has 0 spiro atoms. The van der Waals surface area contributed by atoms with Crippen LogP contribution in [-0.2, 0) is 11.3 Å². The average molecular weight is 417 g/mol. The first-order chi connectivity index (χ1) is 14.3. The van der Waals surface area contributed by atoms with Crippen LogP contribution in [0.15, 0.2) is 48.2 Å². The topological polar surface area (TPSA) is 75.9 Å². The van der Waals surface area contributed by atoms with Crippen LogP contribution in [0.25, 0.3) is 0 Å². The lowest BCUT2D eigenvalue weighted by Gasteiger charge is -2.45. The largest absolute Gasteiger partial charge is 0.471 e. The summed E-state index contributed by atoms with van der Waals surface area (Å²) >= 11 is 0. The highest BCUT2D eigenvalue weighted by atomic mass is 19.1. The molecule has 0 amide bonds. The molecular weight excluding hydrogens is 396 g/mol. The molecule has 158 valence electrons. The molecule has 2 aromatic rings. The number of benzene rings is 2. The Morgan fingerprint density at radius 3 is 2.47 bits per heavy atom. The van der Waals surface area contributed by atoms with Gasteiger partial charge in [0.25, 0.3) is 0 Å². The van der Waals surface area contributed by atoms with Crippen LogP contribution in [0.1, 0.15) is 19.4 Å². The van der Waals surface area contributed by atoms with Crippen molar-refractivity contribution in [2.45, 2.75) is 32.5 Å². The third-order valence-corrected chi connectivity index (χ3v) is 5.16. The van der Waals surface area contributed by atoms with Crippen molar-refractivity contribution in [3.63, 3.8) is 0 Å². The van der Waals surface area contributed by atoms with Gasteiger partial charge >= 0.3 is 5.69 Å². The number of piperazine rings is 1. The Balaban J connectivity index is 1.74. The van der Waals surface area contributed by atoms with Crippen LogP contribution in [0, 0.1) is 21.7 Å². The maximum atomic E-state index is 13.5. The highest BCUT2D eigenvalue weighted by Crippen LogP contribution is 2.29. The summed E-state index contributed by atoms with van der Waals surface area (Å²) in [5.41, 5.74) is 0.914. The van der Waals surface area contributed by atoms with Gasteiger partial charge in [-0.2, -0.15) is 0 Å². The average Bonchev–Trinajstić information content (AvgIpc) is 2.71. The first-order valence-corrected chi connectivity index (χ1v) is 9.37. The first-order valence-electron chi connectivity index (χ1n) is 9.37. The Kier molecular flexibility index (Phi) is 6.44. The van der Waals surface area contributed by atoms with E-state index in [0.717, 1.165) is 23.8 Å². The summed E-state index contributed by atoms with van der Waals surface area (Å²) in [5.74, 6) is 0.833. The van der Waals surface area contributed by atoms with Crippen molar-refractivity contribution in [3.05, 3.63) is 75.5 Å². The molecule has 1 saturated heterocycles. The number of nitrogens with zero attached hydrogens (tertiary/aromatic N) is 3. The second-order valence-electron chi connectivity index (χ2n) is 7.18. The lowest BCUT2D eigenvalue weighted by atomic mass is 10.0. The molecule has 2 atom stereocenters. The fourth-order valence-electron chi connectivity index (χ4n) is 3.49. The fourth-order valence-corrected chi connectivity index (χ4v) is 3.49. The van der Waals surface area contributed by atoms with Gasteiger partial charge < -0.3 is 9.64 Å². The van der Waals surface area contributed by atoms with Crippen molar-refractivity contribution < 1.29 is 23.2 Å². The van der Waals surface area contributed by atoms with Gasteiger partial charge in [-0.25, -0.2) is 13.6 Å². The molecule has 0 radical (unpaired) electrons. The summed E-state index contributed by atoms with van der Waals surface area (Å²) in [5, 5.41) is 11.1. The molecule has 7 nitrogen and oxygen atoms in total. The van der Waals surface area contributed by atoms with Crippen LogP contribution >= 0.6 is 0 Å². The van der Waals surface area contributed by atoms with Crippen LogP contribution in [-0.4, -0.2) is 46.0 Å². The van der Waals surface area contributed by atoms with Crippen LogP contribution in [0.5, 0.6) is 5.75 Å². The minimum atomic E-state index is -0.644. The summed E-state index contributed by atoms with van der Waals surface area (Å²) in [6, 6.07) is 8.58. The van der Waals surface area contributed by atoms with Gasteiger partial charge in [0.2, 0.25) is 5.75 Å². The van der Waals surface area contributed by atoms with Gasteiger partial charge in [0, 0.05) is 31.3 Å². The molecular formula is C21H21F2N3O4. The Hall–Kier alpha value is -3.29. The van der Waals surface area contributed by atoms with E-state index in [1.807, 2.05) is 22.7 Å². The zero-order valence-electron chi connectivity index (χ0n) is 16.5. The van der Waals surface area contributed by atoms with Crippen LogP contribution in [0.3, 0.4) is 0 Å². The molecule has 2 aromatic carbocycles. The maximum absolute atomic E-state index is 13.5. The highest BCUT2D eigenvalue weighted by Gasteiger charge is 2.34. The molecule has 1 fully saturated rings. The third-order valence-electron chi connectivity index (χ3n) is 5.16. The third kappa shape index (κ3) is 4.64. The standard InChI is InChI=1S/C21H21F2N3O4/c1-14-10-24(13-30-21-9-18(23)7-8-19(21)26(28)29)15(2)20(12-27)25(14)11-16-3-5-17(22)6-4-16/h3-9,14-15H,10-11,13H2,1-2H3/t14-,15+/m1/s1. The van der Waals surface area contributed by atoms with Crippen molar-refractivity contribution in [1.82, 2.24) is 9.80 Å². The van der Waals surface area contributed by atoms with E-state index in [4.69, 9.17) is 4.74 Å². The van der Waals surface area contributed by atoms with Crippen molar-refractivity contribution >= 4 is 11.6 Å².